The molecule has 3 N–H and O–H groups in total. The molecule has 0 unspecified atom stereocenters. The fourth-order valence-corrected chi connectivity index (χ4v) is 3.50. The Morgan fingerprint density at radius 3 is 2.61 bits per heavy atom. The van der Waals surface area contributed by atoms with E-state index >= 15 is 0 Å². The Labute approximate surface area is 166 Å². The molecule has 2 heterocycles. The Kier molecular flexibility index (Phi) is 6.92. The van der Waals surface area contributed by atoms with Crippen molar-refractivity contribution in [2.24, 2.45) is 0 Å². The van der Waals surface area contributed by atoms with E-state index in [0.29, 0.717) is 6.54 Å². The largest absolute Gasteiger partial charge is 0.490 e. The van der Waals surface area contributed by atoms with E-state index in [9.17, 15) is 4.79 Å². The van der Waals surface area contributed by atoms with Gasteiger partial charge in [0.05, 0.1) is 5.69 Å². The van der Waals surface area contributed by atoms with Gasteiger partial charge in [-0.25, -0.2) is 4.79 Å². The lowest BCUT2D eigenvalue weighted by Gasteiger charge is -2.29. The maximum Gasteiger partial charge on any atom is 0.319 e. The third kappa shape index (κ3) is 5.73. The van der Waals surface area contributed by atoms with E-state index in [4.69, 9.17) is 4.74 Å². The Bertz CT molecular complexity index is 744. The number of benzene rings is 1. The number of likely N-dealkylation sites (tertiary alicyclic amines) is 1. The fourth-order valence-electron chi connectivity index (χ4n) is 3.50. The highest BCUT2D eigenvalue weighted by atomic mass is 16.5. The summed E-state index contributed by atoms with van der Waals surface area (Å²) in [5.74, 6) is 0.853. The Morgan fingerprint density at radius 2 is 1.96 bits per heavy atom. The van der Waals surface area contributed by atoms with E-state index in [1.165, 1.54) is 5.56 Å². The van der Waals surface area contributed by atoms with E-state index in [1.807, 2.05) is 38.1 Å². The predicted octanol–water partition coefficient (Wildman–Crippen LogP) is 3.25. The van der Waals surface area contributed by atoms with Crippen LogP contribution in [-0.2, 0) is 6.42 Å². The highest BCUT2D eigenvalue weighted by molar-refractivity contribution is 5.89. The second-order valence-electron chi connectivity index (χ2n) is 7.54. The van der Waals surface area contributed by atoms with Crippen LogP contribution >= 0.6 is 0 Å². The second-order valence-corrected chi connectivity index (χ2v) is 7.54. The molecular weight excluding hydrogens is 354 g/mol. The van der Waals surface area contributed by atoms with E-state index in [2.05, 4.69) is 32.8 Å². The van der Waals surface area contributed by atoms with Gasteiger partial charge in [0, 0.05) is 31.0 Å². The molecule has 152 valence electrons. The molecule has 2 amide bonds. The maximum absolute atomic E-state index is 12.1. The van der Waals surface area contributed by atoms with Gasteiger partial charge >= 0.3 is 6.03 Å². The molecule has 1 saturated heterocycles. The van der Waals surface area contributed by atoms with Crippen molar-refractivity contribution in [3.05, 3.63) is 41.2 Å². The number of aromatic amines is 1. The van der Waals surface area contributed by atoms with Gasteiger partial charge in [-0.3, -0.25) is 5.10 Å². The SMILES string of the molecule is Cc1n[nH]c(C)c1CCCNC(=O)Nc1ccc(OC2CCN(C)CC2)cc1. The standard InChI is InChI=1S/C21H31N5O2/c1-15-20(16(2)25-24-15)5-4-12-22-21(27)23-17-6-8-18(9-7-17)28-19-10-13-26(3)14-11-19/h6-9,19H,4-5,10-14H2,1-3H3,(H,24,25)(H2,22,23,27). The van der Waals surface area contributed by atoms with Gasteiger partial charge in [0.15, 0.2) is 0 Å². The zero-order valence-corrected chi connectivity index (χ0v) is 17.0. The monoisotopic (exact) mass is 385 g/mol. The molecule has 2 aromatic rings. The minimum Gasteiger partial charge on any atom is -0.490 e. The van der Waals surface area contributed by atoms with Crippen LogP contribution in [0.2, 0.25) is 0 Å². The van der Waals surface area contributed by atoms with E-state index in [1.54, 1.807) is 0 Å². The second kappa shape index (κ2) is 9.59. The molecule has 0 aliphatic carbocycles. The number of carbonyl (C=O) groups is 1. The van der Waals surface area contributed by atoms with Gasteiger partial charge in [0.25, 0.3) is 0 Å². The number of nitrogens with one attached hydrogen (secondary N) is 3. The fraction of sp³-hybridized carbons (Fsp3) is 0.524. The lowest BCUT2D eigenvalue weighted by Crippen LogP contribution is -2.35. The molecule has 1 aliphatic rings. The summed E-state index contributed by atoms with van der Waals surface area (Å²) in [6.45, 7) is 6.79. The molecule has 7 heteroatoms. The van der Waals surface area contributed by atoms with Gasteiger partial charge in [0.1, 0.15) is 11.9 Å². The average molecular weight is 386 g/mol. The molecule has 0 spiro atoms. The number of aromatic nitrogens is 2. The van der Waals surface area contributed by atoms with Gasteiger partial charge in [-0.2, -0.15) is 5.10 Å². The number of H-pyrrole nitrogens is 1. The topological polar surface area (TPSA) is 82.3 Å². The number of ether oxygens (including phenoxy) is 1. The van der Waals surface area contributed by atoms with Crippen molar-refractivity contribution in [2.45, 2.75) is 45.6 Å². The van der Waals surface area contributed by atoms with Crippen molar-refractivity contribution < 1.29 is 9.53 Å². The van der Waals surface area contributed by atoms with Crippen LogP contribution in [0.5, 0.6) is 5.75 Å². The number of amides is 2. The minimum absolute atomic E-state index is 0.190. The number of nitrogens with zero attached hydrogens (tertiary/aromatic N) is 2. The lowest BCUT2D eigenvalue weighted by molar-refractivity contribution is 0.114. The van der Waals surface area contributed by atoms with Crippen LogP contribution in [0.3, 0.4) is 0 Å². The molecule has 0 saturated carbocycles. The molecule has 1 aromatic heterocycles. The smallest absolute Gasteiger partial charge is 0.319 e. The number of urea groups is 1. The van der Waals surface area contributed by atoms with Crippen LogP contribution in [0.4, 0.5) is 10.5 Å². The third-order valence-corrected chi connectivity index (χ3v) is 5.25. The summed E-state index contributed by atoms with van der Waals surface area (Å²) >= 11 is 0. The molecule has 1 aliphatic heterocycles. The van der Waals surface area contributed by atoms with Gasteiger partial charge in [0.2, 0.25) is 0 Å². The zero-order chi connectivity index (χ0) is 19.9. The minimum atomic E-state index is -0.190. The zero-order valence-electron chi connectivity index (χ0n) is 17.0. The number of rotatable bonds is 7. The molecule has 7 nitrogen and oxygen atoms in total. The van der Waals surface area contributed by atoms with Crippen LogP contribution in [0.1, 0.15) is 36.2 Å². The van der Waals surface area contributed by atoms with Crippen LogP contribution < -0.4 is 15.4 Å². The highest BCUT2D eigenvalue weighted by Gasteiger charge is 2.17. The van der Waals surface area contributed by atoms with Crippen molar-refractivity contribution in [1.29, 1.82) is 0 Å². The number of carbonyl (C=O) groups excluding carboxylic acids is 1. The summed E-state index contributed by atoms with van der Waals surface area (Å²) in [6, 6.07) is 7.39. The summed E-state index contributed by atoms with van der Waals surface area (Å²) in [5, 5.41) is 12.9. The third-order valence-electron chi connectivity index (χ3n) is 5.25. The van der Waals surface area contributed by atoms with Crippen molar-refractivity contribution in [2.75, 3.05) is 32.0 Å². The molecule has 1 aromatic carbocycles. The Balaban J connectivity index is 1.37. The van der Waals surface area contributed by atoms with Crippen LogP contribution in [0.15, 0.2) is 24.3 Å². The molecule has 3 rings (SSSR count). The quantitative estimate of drug-likeness (QED) is 0.639. The number of hydrogen-bond acceptors (Lipinski definition) is 4. The number of hydrogen-bond donors (Lipinski definition) is 3. The van der Waals surface area contributed by atoms with Crippen LogP contribution in [0.25, 0.3) is 0 Å². The van der Waals surface area contributed by atoms with Gasteiger partial charge in [-0.05, 0) is 76.4 Å². The first-order valence-electron chi connectivity index (χ1n) is 10.0. The van der Waals surface area contributed by atoms with Crippen molar-refractivity contribution in [3.63, 3.8) is 0 Å². The van der Waals surface area contributed by atoms with Crippen molar-refractivity contribution >= 4 is 11.7 Å². The van der Waals surface area contributed by atoms with Gasteiger partial charge < -0.3 is 20.3 Å². The summed E-state index contributed by atoms with van der Waals surface area (Å²) in [7, 11) is 2.14. The summed E-state index contributed by atoms with van der Waals surface area (Å²) < 4.78 is 6.04. The number of piperidine rings is 1. The van der Waals surface area contributed by atoms with Crippen molar-refractivity contribution in [1.82, 2.24) is 20.4 Å². The first kappa shape index (κ1) is 20.2. The summed E-state index contributed by atoms with van der Waals surface area (Å²) in [5.41, 5.74) is 4.13. The predicted molar refractivity (Wildman–Crippen MR) is 111 cm³/mol. The average Bonchev–Trinajstić information content (AvgIpc) is 3.00. The lowest BCUT2D eigenvalue weighted by atomic mass is 10.1. The van der Waals surface area contributed by atoms with E-state index in [-0.39, 0.29) is 12.1 Å². The normalized spacial score (nSPS) is 15.4. The van der Waals surface area contributed by atoms with Crippen molar-refractivity contribution in [3.8, 4) is 5.75 Å². The summed E-state index contributed by atoms with van der Waals surface area (Å²) in [4.78, 5) is 14.4. The Morgan fingerprint density at radius 1 is 1.25 bits per heavy atom. The molecular formula is C21H31N5O2. The number of anilines is 1. The molecule has 0 atom stereocenters. The first-order valence-corrected chi connectivity index (χ1v) is 10.0. The molecule has 1 fully saturated rings. The Hall–Kier alpha value is -2.54. The number of aryl methyl sites for hydroxylation is 2. The maximum atomic E-state index is 12.1. The van der Waals surface area contributed by atoms with Crippen LogP contribution in [0, 0.1) is 13.8 Å². The highest BCUT2D eigenvalue weighted by Crippen LogP contribution is 2.20. The van der Waals surface area contributed by atoms with E-state index < -0.39 is 0 Å². The first-order chi connectivity index (χ1) is 13.5. The van der Waals surface area contributed by atoms with E-state index in [0.717, 1.165) is 61.6 Å². The molecule has 28 heavy (non-hydrogen) atoms. The molecule has 0 radical (unpaired) electrons. The summed E-state index contributed by atoms with van der Waals surface area (Å²) in [6.07, 6.45) is 4.16. The van der Waals surface area contributed by atoms with Gasteiger partial charge in [-0.15, -0.1) is 0 Å². The van der Waals surface area contributed by atoms with Crippen LogP contribution in [-0.4, -0.2) is 53.9 Å². The van der Waals surface area contributed by atoms with Gasteiger partial charge in [-0.1, -0.05) is 0 Å². The molecule has 0 bridgehead atoms.